The number of hydrogen-bond donors (Lipinski definition) is 6. The van der Waals surface area contributed by atoms with Gasteiger partial charge in [0.1, 0.15) is 17.1 Å². The summed E-state index contributed by atoms with van der Waals surface area (Å²) in [6.07, 6.45) is 0.166. The molecule has 1 aromatic carbocycles. The summed E-state index contributed by atoms with van der Waals surface area (Å²) in [7, 11) is 2.61. The van der Waals surface area contributed by atoms with E-state index in [2.05, 4.69) is 5.32 Å². The molecule has 3 rings (SSSR count). The topological polar surface area (TPSA) is 225 Å². The Hall–Kier alpha value is -4.03. The summed E-state index contributed by atoms with van der Waals surface area (Å²) in [5, 5.41) is 14.5. The Balaban J connectivity index is 2.58. The van der Waals surface area contributed by atoms with Gasteiger partial charge in [0.25, 0.3) is 0 Å². The standard InChI is InChI=1S/C23H28N6O6/c1-29(2)21(35)23(16(30)11-6-4-3-5-7-11)13(17(24)31)10-22(20(27)34,28-12-8-9-12)14(18(25)32)15(23)19(26)33/h3-7,10,12,16,28,30H,8-9H2,1-2H3,(H2,24,31)(H2,25,32)(H2,26,33)(H2,27,34). The molecule has 5 amide bonds. The highest BCUT2D eigenvalue weighted by Crippen LogP contribution is 2.53. The van der Waals surface area contributed by atoms with Crippen LogP contribution in [-0.4, -0.2) is 65.2 Å². The number of carbonyl (C=O) groups excluding carboxylic acids is 5. The molecule has 0 aromatic heterocycles. The molecule has 0 aliphatic heterocycles. The summed E-state index contributed by atoms with van der Waals surface area (Å²) in [4.78, 5) is 66.5. The molecule has 0 heterocycles. The van der Waals surface area contributed by atoms with Crippen LogP contribution in [-0.2, 0) is 24.0 Å². The number of nitrogens with zero attached hydrogens (tertiary/aromatic N) is 1. The number of aliphatic hydroxyl groups is 1. The average Bonchev–Trinajstić information content (AvgIpc) is 3.61. The number of aliphatic hydroxyl groups excluding tert-OH is 1. The van der Waals surface area contributed by atoms with Crippen molar-refractivity contribution in [2.75, 3.05) is 14.1 Å². The Kier molecular flexibility index (Phi) is 6.55. The van der Waals surface area contributed by atoms with E-state index >= 15 is 0 Å². The van der Waals surface area contributed by atoms with Crippen molar-refractivity contribution in [3.8, 4) is 0 Å². The number of hydrogen-bond acceptors (Lipinski definition) is 7. The zero-order chi connectivity index (χ0) is 26.3. The first-order chi connectivity index (χ1) is 16.3. The number of carbonyl (C=O) groups is 5. The Bertz CT molecular complexity index is 1170. The monoisotopic (exact) mass is 484 g/mol. The van der Waals surface area contributed by atoms with Crippen molar-refractivity contribution >= 4 is 29.5 Å². The van der Waals surface area contributed by atoms with E-state index in [4.69, 9.17) is 22.9 Å². The minimum atomic E-state index is -2.61. The van der Waals surface area contributed by atoms with E-state index < -0.39 is 63.3 Å². The van der Waals surface area contributed by atoms with E-state index in [-0.39, 0.29) is 11.6 Å². The first kappa shape index (κ1) is 25.6. The van der Waals surface area contributed by atoms with Crippen molar-refractivity contribution in [3.63, 3.8) is 0 Å². The van der Waals surface area contributed by atoms with Gasteiger partial charge in [-0.2, -0.15) is 0 Å². The van der Waals surface area contributed by atoms with Crippen LogP contribution < -0.4 is 28.3 Å². The molecule has 1 aromatic rings. The van der Waals surface area contributed by atoms with Crippen molar-refractivity contribution in [1.82, 2.24) is 10.2 Å². The number of primary amides is 4. The summed E-state index contributed by atoms with van der Waals surface area (Å²) in [5.41, 5.74) is 15.7. The molecule has 12 nitrogen and oxygen atoms in total. The van der Waals surface area contributed by atoms with Gasteiger partial charge < -0.3 is 32.9 Å². The largest absolute Gasteiger partial charge is 0.387 e. The van der Waals surface area contributed by atoms with Crippen molar-refractivity contribution in [1.29, 1.82) is 0 Å². The Morgan fingerprint density at radius 3 is 1.89 bits per heavy atom. The number of benzene rings is 1. The molecule has 12 heteroatoms. The highest BCUT2D eigenvalue weighted by atomic mass is 16.3. The third-order valence-corrected chi connectivity index (χ3v) is 6.25. The van der Waals surface area contributed by atoms with E-state index in [0.29, 0.717) is 12.8 Å². The molecule has 1 saturated carbocycles. The fourth-order valence-corrected chi connectivity index (χ4v) is 4.62. The van der Waals surface area contributed by atoms with E-state index in [1.165, 1.54) is 26.2 Å². The predicted octanol–water partition coefficient (Wildman–Crippen LogP) is -2.54. The normalized spacial score (nSPS) is 24.8. The zero-order valence-electron chi connectivity index (χ0n) is 19.3. The van der Waals surface area contributed by atoms with Gasteiger partial charge in [0, 0.05) is 25.7 Å². The molecule has 35 heavy (non-hydrogen) atoms. The smallest absolute Gasteiger partial charge is 0.247 e. The first-order valence-electron chi connectivity index (χ1n) is 10.7. The molecule has 0 radical (unpaired) electrons. The summed E-state index contributed by atoms with van der Waals surface area (Å²) in [6, 6.07) is 7.30. The van der Waals surface area contributed by atoms with Crippen molar-refractivity contribution in [2.24, 2.45) is 28.3 Å². The lowest BCUT2D eigenvalue weighted by molar-refractivity contribution is -0.145. The van der Waals surface area contributed by atoms with Gasteiger partial charge in [-0.3, -0.25) is 29.3 Å². The lowest BCUT2D eigenvalue weighted by Crippen LogP contribution is -2.65. The van der Waals surface area contributed by atoms with Crippen LogP contribution in [0.25, 0.3) is 0 Å². The van der Waals surface area contributed by atoms with Crippen molar-refractivity contribution in [3.05, 3.63) is 58.7 Å². The molecular weight excluding hydrogens is 456 g/mol. The van der Waals surface area contributed by atoms with Crippen LogP contribution in [0.5, 0.6) is 0 Å². The lowest BCUT2D eigenvalue weighted by Gasteiger charge is -2.47. The molecule has 0 spiro atoms. The number of nitrogens with two attached hydrogens (primary N) is 4. The Labute approximate surface area is 201 Å². The van der Waals surface area contributed by atoms with E-state index in [9.17, 15) is 29.1 Å². The third kappa shape index (κ3) is 3.96. The lowest BCUT2D eigenvalue weighted by atomic mass is 9.58. The molecule has 3 unspecified atom stereocenters. The van der Waals surface area contributed by atoms with Gasteiger partial charge in [-0.15, -0.1) is 0 Å². The number of amides is 5. The molecule has 186 valence electrons. The van der Waals surface area contributed by atoms with Crippen molar-refractivity contribution in [2.45, 2.75) is 30.5 Å². The van der Waals surface area contributed by atoms with Crippen LogP contribution >= 0.6 is 0 Å². The molecule has 2 aliphatic carbocycles. The van der Waals surface area contributed by atoms with Gasteiger partial charge >= 0.3 is 0 Å². The maximum atomic E-state index is 13.8. The van der Waals surface area contributed by atoms with Crippen LogP contribution in [0, 0.1) is 5.41 Å². The van der Waals surface area contributed by atoms with Gasteiger partial charge in [0.15, 0.2) is 0 Å². The molecule has 1 fully saturated rings. The van der Waals surface area contributed by atoms with E-state index in [1.54, 1.807) is 18.2 Å². The summed E-state index contributed by atoms with van der Waals surface area (Å²) in [6.45, 7) is 0. The minimum Gasteiger partial charge on any atom is -0.387 e. The summed E-state index contributed by atoms with van der Waals surface area (Å²) in [5.74, 6) is -6.12. The minimum absolute atomic E-state index is 0.0964. The van der Waals surface area contributed by atoms with Crippen LogP contribution in [0.15, 0.2) is 53.1 Å². The van der Waals surface area contributed by atoms with Gasteiger partial charge in [0.2, 0.25) is 29.5 Å². The molecule has 0 bridgehead atoms. The van der Waals surface area contributed by atoms with Gasteiger partial charge in [0.05, 0.1) is 11.1 Å². The second-order valence-electron chi connectivity index (χ2n) is 8.81. The quantitative estimate of drug-likeness (QED) is 0.220. The van der Waals surface area contributed by atoms with Crippen molar-refractivity contribution < 1.29 is 29.1 Å². The van der Waals surface area contributed by atoms with Gasteiger partial charge in [-0.1, -0.05) is 30.3 Å². The third-order valence-electron chi connectivity index (χ3n) is 6.25. The van der Waals surface area contributed by atoms with Crippen LogP contribution in [0.1, 0.15) is 24.5 Å². The van der Waals surface area contributed by atoms with Crippen LogP contribution in [0.3, 0.4) is 0 Å². The first-order valence-corrected chi connectivity index (χ1v) is 10.7. The van der Waals surface area contributed by atoms with Crippen LogP contribution in [0.4, 0.5) is 0 Å². The molecular formula is C23H28N6O6. The summed E-state index contributed by atoms with van der Waals surface area (Å²) >= 11 is 0. The maximum absolute atomic E-state index is 13.8. The fourth-order valence-electron chi connectivity index (χ4n) is 4.62. The summed E-state index contributed by atoms with van der Waals surface area (Å²) < 4.78 is 0. The Morgan fingerprint density at radius 2 is 1.49 bits per heavy atom. The number of rotatable bonds is 9. The molecule has 0 saturated heterocycles. The average molecular weight is 485 g/mol. The van der Waals surface area contributed by atoms with Gasteiger partial charge in [-0.25, -0.2) is 0 Å². The maximum Gasteiger partial charge on any atom is 0.247 e. The number of nitrogens with one attached hydrogen (secondary N) is 1. The molecule has 3 atom stereocenters. The highest BCUT2D eigenvalue weighted by molar-refractivity contribution is 6.20. The fraction of sp³-hybridized carbons (Fsp3) is 0.348. The SMILES string of the molecule is CN(C)C(=O)C1(C(O)c2ccccc2)C(C(N)=O)=CC(NC2CC2)(C(N)=O)C(C(N)=O)=C1C(N)=O. The second kappa shape index (κ2) is 8.96. The van der Waals surface area contributed by atoms with Gasteiger partial charge in [-0.05, 0) is 24.5 Å². The molecule has 10 N–H and O–H groups in total. The zero-order valence-corrected chi connectivity index (χ0v) is 19.3. The molecule has 2 aliphatic rings. The highest BCUT2D eigenvalue weighted by Gasteiger charge is 2.64. The predicted molar refractivity (Wildman–Crippen MR) is 123 cm³/mol. The Morgan fingerprint density at radius 1 is 0.943 bits per heavy atom. The van der Waals surface area contributed by atoms with E-state index in [1.807, 2.05) is 0 Å². The second-order valence-corrected chi connectivity index (χ2v) is 8.81. The van der Waals surface area contributed by atoms with E-state index in [0.717, 1.165) is 11.0 Å². The van der Waals surface area contributed by atoms with Crippen LogP contribution in [0.2, 0.25) is 0 Å².